The number of rotatable bonds is 17. The summed E-state index contributed by atoms with van der Waals surface area (Å²) in [5, 5.41) is 0.141. The van der Waals surface area contributed by atoms with E-state index in [-0.39, 0.29) is 133 Å². The number of thiophene rings is 1. The van der Waals surface area contributed by atoms with E-state index in [9.17, 15) is 28.8 Å². The molecule has 0 saturated heterocycles. The third-order valence-corrected chi connectivity index (χ3v) is 11.4. The van der Waals surface area contributed by atoms with Crippen LogP contribution in [-0.2, 0) is 46.5 Å². The molecule has 2 aliphatic heterocycles. The topological polar surface area (TPSA) is 164 Å². The molecule has 3 heterocycles. The fourth-order valence-corrected chi connectivity index (χ4v) is 8.44. The maximum Gasteiger partial charge on any atom is 0.306 e. The normalized spacial score (nSPS) is 17.5. The number of hydrogen-bond acceptors (Lipinski definition) is 13. The Balaban J connectivity index is 0.980. The highest BCUT2D eigenvalue weighted by Crippen LogP contribution is 2.41. The van der Waals surface area contributed by atoms with Crippen LogP contribution in [-0.4, -0.2) is 90.4 Å². The van der Waals surface area contributed by atoms with Crippen LogP contribution in [0.3, 0.4) is 0 Å². The molecule has 0 atom stereocenters. The highest BCUT2D eigenvalue weighted by Gasteiger charge is 2.35. The Hall–Kier alpha value is -5.58. The van der Waals surface area contributed by atoms with E-state index in [0.29, 0.717) is 35.9 Å². The molecule has 3 aromatic rings. The van der Waals surface area contributed by atoms with Gasteiger partial charge in [-0.1, -0.05) is 0 Å². The minimum Gasteiger partial charge on any atom is -0.493 e. The molecule has 3 amide bonds. The van der Waals surface area contributed by atoms with Gasteiger partial charge in [-0.3, -0.25) is 33.7 Å². The van der Waals surface area contributed by atoms with E-state index in [1.165, 1.54) is 42.2 Å². The van der Waals surface area contributed by atoms with Crippen molar-refractivity contribution in [3.05, 3.63) is 58.0 Å². The Morgan fingerprint density at radius 3 is 2.03 bits per heavy atom. The third kappa shape index (κ3) is 10.2. The average molecular weight is 855 g/mol. The van der Waals surface area contributed by atoms with Crippen LogP contribution >= 0.6 is 11.3 Å². The first kappa shape index (κ1) is 44.0. The number of methoxy groups -OCH3 is 2. The van der Waals surface area contributed by atoms with Gasteiger partial charge in [0.1, 0.15) is 11.7 Å². The summed E-state index contributed by atoms with van der Waals surface area (Å²) < 4.78 is 65.3. The zero-order chi connectivity index (χ0) is 43.3. The van der Waals surface area contributed by atoms with E-state index in [1.54, 1.807) is 32.9 Å². The van der Waals surface area contributed by atoms with Gasteiger partial charge in [0.25, 0.3) is 11.8 Å². The fourth-order valence-electron chi connectivity index (χ4n) is 7.39. The molecule has 1 fully saturated rings. The largest absolute Gasteiger partial charge is 0.493 e. The van der Waals surface area contributed by atoms with Crippen molar-refractivity contribution in [1.29, 1.82) is 0 Å². The number of imide groups is 1. The number of amides is 3. The molecule has 2 aromatic carbocycles. The molecular weight excluding hydrogens is 807 g/mol. The lowest BCUT2D eigenvalue weighted by molar-refractivity contribution is -0.156. The molecule has 0 unspecified atom stereocenters. The molecule has 0 N–H and O–H groups in total. The van der Waals surface area contributed by atoms with Crippen molar-refractivity contribution >= 4 is 56.9 Å². The smallest absolute Gasteiger partial charge is 0.306 e. The lowest BCUT2D eigenvalue weighted by atomic mass is 9.92. The van der Waals surface area contributed by atoms with Crippen LogP contribution in [0.1, 0.15) is 99.4 Å². The summed E-state index contributed by atoms with van der Waals surface area (Å²) in [6.07, 6.45) is 3.86. The molecule has 3 aliphatic rings. The Bertz CT molecular complexity index is 2190. The van der Waals surface area contributed by atoms with Gasteiger partial charge in [-0.2, -0.15) is 0 Å². The molecule has 1 saturated carbocycles. The number of ether oxygens (including phenoxy) is 6. The van der Waals surface area contributed by atoms with Gasteiger partial charge in [-0.25, -0.2) is 8.78 Å². The number of carbonyl (C=O) groups is 6. The van der Waals surface area contributed by atoms with Crippen molar-refractivity contribution < 1.29 is 66.0 Å². The molecule has 322 valence electrons. The van der Waals surface area contributed by atoms with Crippen LogP contribution in [0.25, 0.3) is 10.1 Å². The standard InChI is InChI=1S/C43H48F2N2O12S/c1-43(2,3)59-38(53)16-14-34(49)46-22-24-19-30(54-4)41(40(45)28(24)23-46)56-17-6-18-57-42-31(55-5)21-32-27(39(42)44)20-33(60-32)29(48)11-15-37(52)58-26-9-7-25(8-10-26)47-35(50)12-13-36(47)51/h12-13,19-21,25-26H,6-11,14-18,22-23H2,1-5H3. The maximum absolute atomic E-state index is 15.9. The Morgan fingerprint density at radius 2 is 1.40 bits per heavy atom. The Kier molecular flexibility index (Phi) is 13.8. The fraction of sp³-hybridized carbons (Fsp3) is 0.488. The number of carbonyl (C=O) groups excluding carboxylic acids is 6. The number of benzene rings is 2. The van der Waals surface area contributed by atoms with Gasteiger partial charge < -0.3 is 33.3 Å². The Labute approximate surface area is 349 Å². The van der Waals surface area contributed by atoms with Crippen LogP contribution in [0.2, 0.25) is 0 Å². The second-order valence-corrected chi connectivity index (χ2v) is 16.8. The maximum atomic E-state index is 15.9. The van der Waals surface area contributed by atoms with E-state index >= 15 is 8.78 Å². The van der Waals surface area contributed by atoms with Crippen LogP contribution in [0, 0.1) is 11.6 Å². The molecular formula is C43H48F2N2O12S. The summed E-state index contributed by atoms with van der Waals surface area (Å²) >= 11 is 1.06. The average Bonchev–Trinajstić information content (AvgIpc) is 3.93. The molecule has 6 rings (SSSR count). The molecule has 0 radical (unpaired) electrons. The molecule has 0 bridgehead atoms. The predicted molar refractivity (Wildman–Crippen MR) is 213 cm³/mol. The highest BCUT2D eigenvalue weighted by molar-refractivity contribution is 7.20. The lowest BCUT2D eigenvalue weighted by Gasteiger charge is -2.33. The molecule has 17 heteroatoms. The summed E-state index contributed by atoms with van der Waals surface area (Å²) in [6, 6.07) is 4.35. The van der Waals surface area contributed by atoms with Gasteiger partial charge in [-0.05, 0) is 64.2 Å². The van der Waals surface area contributed by atoms with Crippen molar-refractivity contribution in [1.82, 2.24) is 9.80 Å². The summed E-state index contributed by atoms with van der Waals surface area (Å²) in [5.41, 5.74) is 0.173. The van der Waals surface area contributed by atoms with E-state index in [0.717, 1.165) is 11.3 Å². The van der Waals surface area contributed by atoms with E-state index < -0.39 is 29.2 Å². The Morgan fingerprint density at radius 1 is 0.783 bits per heavy atom. The van der Waals surface area contributed by atoms with E-state index in [4.69, 9.17) is 28.4 Å². The minimum atomic E-state index is -0.736. The van der Waals surface area contributed by atoms with Gasteiger partial charge in [-0.15, -0.1) is 11.3 Å². The molecule has 14 nitrogen and oxygen atoms in total. The number of fused-ring (bicyclic) bond motifs is 2. The van der Waals surface area contributed by atoms with Gasteiger partial charge in [0.15, 0.2) is 40.4 Å². The van der Waals surface area contributed by atoms with E-state index in [1.807, 2.05) is 0 Å². The zero-order valence-electron chi connectivity index (χ0n) is 34.2. The number of esters is 2. The first-order chi connectivity index (χ1) is 28.6. The van der Waals surface area contributed by atoms with Crippen molar-refractivity contribution in [2.24, 2.45) is 0 Å². The van der Waals surface area contributed by atoms with Crippen molar-refractivity contribution in [2.45, 2.75) is 109 Å². The number of hydrogen-bond donors (Lipinski definition) is 0. The van der Waals surface area contributed by atoms with Gasteiger partial charge in [0.2, 0.25) is 5.91 Å². The summed E-state index contributed by atoms with van der Waals surface area (Å²) in [7, 11) is 2.73. The van der Waals surface area contributed by atoms with Gasteiger partial charge >= 0.3 is 11.9 Å². The quantitative estimate of drug-likeness (QED) is 0.0608. The summed E-state index contributed by atoms with van der Waals surface area (Å²) in [6.45, 7) is 5.29. The van der Waals surface area contributed by atoms with Crippen LogP contribution < -0.4 is 18.9 Å². The van der Waals surface area contributed by atoms with Crippen LogP contribution in [0.5, 0.6) is 23.0 Å². The number of Topliss-reactive ketones (excluding diaryl/α,β-unsaturated/α-hetero) is 1. The first-order valence-electron chi connectivity index (χ1n) is 19.8. The minimum absolute atomic E-state index is 0.00278. The third-order valence-electron chi connectivity index (χ3n) is 10.3. The second kappa shape index (κ2) is 18.8. The van der Waals surface area contributed by atoms with Crippen LogP contribution in [0.4, 0.5) is 8.78 Å². The van der Waals surface area contributed by atoms with Crippen molar-refractivity contribution in [3.63, 3.8) is 0 Å². The SMILES string of the molecule is COc1cc2c(c(F)c1OCCCOc1c(OC)cc3sc(C(=O)CCC(=O)OC4CCC(N5C(=O)C=CC5=O)CC4)cc3c1F)CN(C(=O)CCC(=O)OC(C)(C)C)C2. The number of ketones is 1. The molecule has 0 spiro atoms. The first-order valence-corrected chi connectivity index (χ1v) is 20.6. The molecule has 60 heavy (non-hydrogen) atoms. The van der Waals surface area contributed by atoms with Crippen molar-refractivity contribution in [3.8, 4) is 23.0 Å². The number of nitrogens with zero attached hydrogens (tertiary/aromatic N) is 2. The number of halogens is 2. The zero-order valence-corrected chi connectivity index (χ0v) is 35.0. The molecule has 1 aliphatic carbocycles. The molecule has 1 aromatic heterocycles. The van der Waals surface area contributed by atoms with Crippen LogP contribution in [0.15, 0.2) is 30.4 Å². The van der Waals surface area contributed by atoms with Gasteiger partial charge in [0.05, 0.1) is 45.2 Å². The van der Waals surface area contributed by atoms with Gasteiger partial charge in [0, 0.05) is 72.3 Å². The summed E-state index contributed by atoms with van der Waals surface area (Å²) in [5.74, 6) is -3.85. The highest BCUT2D eigenvalue weighted by atomic mass is 32.1. The lowest BCUT2D eigenvalue weighted by Crippen LogP contribution is -2.43. The van der Waals surface area contributed by atoms with E-state index in [2.05, 4.69) is 0 Å². The predicted octanol–water partition coefficient (Wildman–Crippen LogP) is 6.75. The second-order valence-electron chi connectivity index (χ2n) is 15.7. The monoisotopic (exact) mass is 854 g/mol. The summed E-state index contributed by atoms with van der Waals surface area (Å²) in [4.78, 5) is 77.6. The van der Waals surface area contributed by atoms with Crippen molar-refractivity contribution in [2.75, 3.05) is 27.4 Å².